The monoisotopic (exact) mass is 212 g/mol. The third kappa shape index (κ3) is 4.17. The second-order valence-corrected chi connectivity index (χ2v) is 5.51. The molecule has 0 aromatic heterocycles. The lowest BCUT2D eigenvalue weighted by atomic mass is 9.65. The maximum atomic E-state index is 2.52. The lowest BCUT2D eigenvalue weighted by molar-refractivity contribution is 0.0984. The molecule has 0 fully saturated rings. The van der Waals surface area contributed by atoms with Gasteiger partial charge in [-0.25, -0.2) is 0 Å². The van der Waals surface area contributed by atoms with Gasteiger partial charge in [-0.3, -0.25) is 0 Å². The molecule has 0 saturated carbocycles. The Morgan fingerprint density at radius 3 is 1.93 bits per heavy atom. The fraction of sp³-hybridized carbons (Fsp3) is 1.00. The van der Waals surface area contributed by atoms with Crippen LogP contribution in [0.2, 0.25) is 0 Å². The second-order valence-electron chi connectivity index (χ2n) is 5.51. The van der Waals surface area contributed by atoms with E-state index in [1.165, 1.54) is 38.5 Å². The molecule has 0 aliphatic carbocycles. The summed E-state index contributed by atoms with van der Waals surface area (Å²) < 4.78 is 0. The van der Waals surface area contributed by atoms with E-state index in [9.17, 15) is 0 Å². The zero-order chi connectivity index (χ0) is 11.9. The highest BCUT2D eigenvalue weighted by molar-refractivity contribution is 4.83. The highest BCUT2D eigenvalue weighted by Gasteiger charge is 2.33. The smallest absolute Gasteiger partial charge is 0.0298 e. The SMILES string of the molecule is CCCCC(C)(CC)C(CC)C(C)CC. The van der Waals surface area contributed by atoms with Crippen molar-refractivity contribution in [3.05, 3.63) is 0 Å². The van der Waals surface area contributed by atoms with Crippen LogP contribution in [0.4, 0.5) is 0 Å². The Kier molecular flexibility index (Phi) is 7.30. The van der Waals surface area contributed by atoms with Crippen LogP contribution >= 0.6 is 0 Å². The van der Waals surface area contributed by atoms with Crippen LogP contribution in [0.15, 0.2) is 0 Å². The van der Waals surface area contributed by atoms with Gasteiger partial charge in [0.2, 0.25) is 0 Å². The van der Waals surface area contributed by atoms with Crippen molar-refractivity contribution in [2.45, 2.75) is 80.1 Å². The maximum absolute atomic E-state index is 2.52. The number of rotatable bonds is 8. The van der Waals surface area contributed by atoms with Crippen molar-refractivity contribution in [3.8, 4) is 0 Å². The van der Waals surface area contributed by atoms with Gasteiger partial charge < -0.3 is 0 Å². The summed E-state index contributed by atoms with van der Waals surface area (Å²) >= 11 is 0. The Balaban J connectivity index is 4.55. The minimum Gasteiger partial charge on any atom is -0.0654 e. The van der Waals surface area contributed by atoms with Crippen LogP contribution in [0.1, 0.15) is 80.1 Å². The van der Waals surface area contributed by atoms with E-state index in [0.29, 0.717) is 5.41 Å². The first-order valence-corrected chi connectivity index (χ1v) is 7.05. The largest absolute Gasteiger partial charge is 0.0654 e. The zero-order valence-corrected chi connectivity index (χ0v) is 11.9. The molecule has 0 amide bonds. The van der Waals surface area contributed by atoms with E-state index in [4.69, 9.17) is 0 Å². The minimum atomic E-state index is 0.584. The Bertz CT molecular complexity index is 150. The third-order valence-corrected chi connectivity index (χ3v) is 4.57. The molecule has 0 heteroatoms. The van der Waals surface area contributed by atoms with Gasteiger partial charge in [0, 0.05) is 0 Å². The summed E-state index contributed by atoms with van der Waals surface area (Å²) in [5.41, 5.74) is 0.584. The normalized spacial score (nSPS) is 19.6. The highest BCUT2D eigenvalue weighted by atomic mass is 14.4. The third-order valence-electron chi connectivity index (χ3n) is 4.57. The summed E-state index contributed by atoms with van der Waals surface area (Å²) in [6, 6.07) is 0. The standard InChI is InChI=1S/C15H32/c1-7-11-12-15(6,10-4)14(9-3)13(5)8-2/h13-14H,7-12H2,1-6H3. The molecule has 0 nitrogen and oxygen atoms in total. The van der Waals surface area contributed by atoms with Crippen molar-refractivity contribution >= 4 is 0 Å². The lowest BCUT2D eigenvalue weighted by Gasteiger charge is -2.40. The van der Waals surface area contributed by atoms with Gasteiger partial charge in [0.05, 0.1) is 0 Å². The molecule has 0 bridgehead atoms. The zero-order valence-electron chi connectivity index (χ0n) is 11.9. The summed E-state index contributed by atoms with van der Waals surface area (Å²) in [5.74, 6) is 1.80. The molecule has 0 rings (SSSR count). The van der Waals surface area contributed by atoms with Crippen LogP contribution in [0.25, 0.3) is 0 Å². The van der Waals surface area contributed by atoms with Gasteiger partial charge in [-0.15, -0.1) is 0 Å². The van der Waals surface area contributed by atoms with Gasteiger partial charge in [0.1, 0.15) is 0 Å². The van der Waals surface area contributed by atoms with E-state index >= 15 is 0 Å². The maximum Gasteiger partial charge on any atom is -0.0298 e. The summed E-state index contributed by atoms with van der Waals surface area (Å²) in [7, 11) is 0. The van der Waals surface area contributed by atoms with Crippen LogP contribution in [-0.2, 0) is 0 Å². The minimum absolute atomic E-state index is 0.584. The number of hydrogen-bond acceptors (Lipinski definition) is 0. The Labute approximate surface area is 97.8 Å². The quantitative estimate of drug-likeness (QED) is 0.486. The number of unbranched alkanes of at least 4 members (excludes halogenated alkanes) is 1. The van der Waals surface area contributed by atoms with Crippen LogP contribution in [-0.4, -0.2) is 0 Å². The molecule has 0 saturated heterocycles. The van der Waals surface area contributed by atoms with Gasteiger partial charge in [-0.1, -0.05) is 73.6 Å². The molecule has 3 unspecified atom stereocenters. The van der Waals surface area contributed by atoms with Crippen molar-refractivity contribution < 1.29 is 0 Å². The summed E-state index contributed by atoms with van der Waals surface area (Å²) in [6.07, 6.45) is 8.19. The Hall–Kier alpha value is 0. The predicted molar refractivity (Wildman–Crippen MR) is 71.2 cm³/mol. The molecule has 0 spiro atoms. The van der Waals surface area contributed by atoms with Crippen molar-refractivity contribution in [1.82, 2.24) is 0 Å². The Morgan fingerprint density at radius 2 is 1.60 bits per heavy atom. The number of hydrogen-bond donors (Lipinski definition) is 0. The van der Waals surface area contributed by atoms with Gasteiger partial charge in [0.25, 0.3) is 0 Å². The molecule has 0 radical (unpaired) electrons. The second kappa shape index (κ2) is 7.30. The van der Waals surface area contributed by atoms with Crippen molar-refractivity contribution in [2.75, 3.05) is 0 Å². The van der Waals surface area contributed by atoms with E-state index in [-0.39, 0.29) is 0 Å². The lowest BCUT2D eigenvalue weighted by Crippen LogP contribution is -2.31. The van der Waals surface area contributed by atoms with Crippen molar-refractivity contribution in [1.29, 1.82) is 0 Å². The summed E-state index contributed by atoms with van der Waals surface area (Å²) in [6.45, 7) is 14.3. The van der Waals surface area contributed by atoms with Gasteiger partial charge in [-0.2, -0.15) is 0 Å². The molecule has 0 aromatic rings. The first kappa shape index (κ1) is 15.0. The predicted octanol–water partition coefficient (Wildman–Crippen LogP) is 5.67. The highest BCUT2D eigenvalue weighted by Crippen LogP contribution is 2.43. The van der Waals surface area contributed by atoms with E-state index in [2.05, 4.69) is 41.5 Å². The van der Waals surface area contributed by atoms with Crippen molar-refractivity contribution in [3.63, 3.8) is 0 Å². The Morgan fingerprint density at radius 1 is 1.00 bits per heavy atom. The van der Waals surface area contributed by atoms with E-state index in [1.807, 2.05) is 0 Å². The van der Waals surface area contributed by atoms with E-state index < -0.39 is 0 Å². The van der Waals surface area contributed by atoms with Crippen LogP contribution in [0.5, 0.6) is 0 Å². The fourth-order valence-electron chi connectivity index (χ4n) is 3.07. The fourth-order valence-corrected chi connectivity index (χ4v) is 3.07. The first-order chi connectivity index (χ1) is 7.05. The van der Waals surface area contributed by atoms with Gasteiger partial charge >= 0.3 is 0 Å². The molecule has 15 heavy (non-hydrogen) atoms. The average Bonchev–Trinajstić information content (AvgIpc) is 2.26. The topological polar surface area (TPSA) is 0 Å². The molecule has 0 aromatic carbocycles. The molecule has 0 N–H and O–H groups in total. The molecule has 0 aliphatic rings. The van der Waals surface area contributed by atoms with Gasteiger partial charge in [-0.05, 0) is 23.7 Å². The van der Waals surface area contributed by atoms with Crippen LogP contribution in [0, 0.1) is 17.3 Å². The molecule has 3 atom stereocenters. The van der Waals surface area contributed by atoms with Crippen LogP contribution in [0.3, 0.4) is 0 Å². The molecule has 92 valence electrons. The molecule has 0 aliphatic heterocycles. The molecule has 0 heterocycles. The first-order valence-electron chi connectivity index (χ1n) is 7.05. The average molecular weight is 212 g/mol. The summed E-state index contributed by atoms with van der Waals surface area (Å²) in [5, 5.41) is 0. The molecular formula is C15H32. The van der Waals surface area contributed by atoms with Crippen LogP contribution < -0.4 is 0 Å². The summed E-state index contributed by atoms with van der Waals surface area (Å²) in [4.78, 5) is 0. The van der Waals surface area contributed by atoms with E-state index in [0.717, 1.165) is 11.8 Å². The van der Waals surface area contributed by atoms with E-state index in [1.54, 1.807) is 0 Å². The van der Waals surface area contributed by atoms with Crippen molar-refractivity contribution in [2.24, 2.45) is 17.3 Å². The van der Waals surface area contributed by atoms with Gasteiger partial charge in [0.15, 0.2) is 0 Å². The molecular weight excluding hydrogens is 180 g/mol.